The zero-order chi connectivity index (χ0) is 29.3. The van der Waals surface area contributed by atoms with Gasteiger partial charge in [-0.3, -0.25) is 15.1 Å². The first kappa shape index (κ1) is 27.8. The van der Waals surface area contributed by atoms with Gasteiger partial charge in [-0.2, -0.15) is 0 Å². The number of hydrogen-bond donors (Lipinski definition) is 2. The van der Waals surface area contributed by atoms with Crippen molar-refractivity contribution in [1.82, 2.24) is 0 Å². The summed E-state index contributed by atoms with van der Waals surface area (Å²) in [7, 11) is 6.23. The Bertz CT molecular complexity index is 1570. The number of Topliss-reactive ketones (excluding diaryl/α,β-unsaturated/α-hetero) is 1. The Kier molecular flexibility index (Phi) is 7.75. The molecular formula is C33H34N2O6. The van der Waals surface area contributed by atoms with Gasteiger partial charge in [-0.25, -0.2) is 0 Å². The Morgan fingerprint density at radius 2 is 1.63 bits per heavy atom. The lowest BCUT2D eigenvalue weighted by Crippen LogP contribution is -2.42. The van der Waals surface area contributed by atoms with E-state index in [2.05, 4.69) is 0 Å². The van der Waals surface area contributed by atoms with Crippen LogP contribution in [0.5, 0.6) is 23.0 Å². The van der Waals surface area contributed by atoms with Gasteiger partial charge < -0.3 is 24.1 Å². The van der Waals surface area contributed by atoms with Gasteiger partial charge >= 0.3 is 0 Å². The quantitative estimate of drug-likeness (QED) is 0.318. The molecular weight excluding hydrogens is 520 g/mol. The molecule has 0 radical (unpaired) electrons. The van der Waals surface area contributed by atoms with Gasteiger partial charge in [0.15, 0.2) is 17.3 Å². The molecule has 0 bridgehead atoms. The lowest BCUT2D eigenvalue weighted by atomic mass is 9.73. The minimum Gasteiger partial charge on any atom is -0.507 e. The van der Waals surface area contributed by atoms with Gasteiger partial charge in [0.05, 0.1) is 40.0 Å². The zero-order valence-electron chi connectivity index (χ0n) is 23.9. The first-order chi connectivity index (χ1) is 19.8. The third-order valence-corrected chi connectivity index (χ3v) is 7.71. The lowest BCUT2D eigenvalue weighted by molar-refractivity contribution is -0.116. The fourth-order valence-corrected chi connectivity index (χ4v) is 5.75. The fourth-order valence-electron chi connectivity index (χ4n) is 5.75. The van der Waals surface area contributed by atoms with Crippen LogP contribution in [0.25, 0.3) is 5.76 Å². The van der Waals surface area contributed by atoms with Crippen molar-refractivity contribution in [1.29, 1.82) is 5.41 Å². The van der Waals surface area contributed by atoms with Crippen molar-refractivity contribution >= 4 is 23.1 Å². The van der Waals surface area contributed by atoms with Crippen molar-refractivity contribution < 1.29 is 28.8 Å². The van der Waals surface area contributed by atoms with Crippen molar-refractivity contribution in [3.8, 4) is 23.0 Å². The van der Waals surface area contributed by atoms with Crippen LogP contribution in [-0.4, -0.2) is 45.2 Å². The van der Waals surface area contributed by atoms with Crippen LogP contribution in [0.4, 0.5) is 5.69 Å². The fraction of sp³-hybridized carbons (Fsp3) is 0.273. The minimum atomic E-state index is -0.774. The van der Waals surface area contributed by atoms with E-state index in [0.717, 1.165) is 5.56 Å². The molecule has 1 atom stereocenters. The molecule has 0 fully saturated rings. The molecule has 41 heavy (non-hydrogen) atoms. The highest BCUT2D eigenvalue weighted by atomic mass is 16.5. The summed E-state index contributed by atoms with van der Waals surface area (Å²) in [5.74, 6) is 1.13. The number of hydrogen-bond acceptors (Lipinski definition) is 7. The van der Waals surface area contributed by atoms with Crippen LogP contribution in [0, 0.1) is 12.3 Å². The Morgan fingerprint density at radius 3 is 2.29 bits per heavy atom. The predicted octanol–water partition coefficient (Wildman–Crippen LogP) is 6.59. The van der Waals surface area contributed by atoms with E-state index in [9.17, 15) is 15.3 Å². The molecule has 212 valence electrons. The molecule has 1 unspecified atom stereocenters. The largest absolute Gasteiger partial charge is 0.507 e. The van der Waals surface area contributed by atoms with E-state index in [1.165, 1.54) is 0 Å². The van der Waals surface area contributed by atoms with Crippen molar-refractivity contribution in [3.05, 3.63) is 94.2 Å². The summed E-state index contributed by atoms with van der Waals surface area (Å²) in [4.78, 5) is 15.6. The van der Waals surface area contributed by atoms with E-state index in [-0.39, 0.29) is 23.0 Å². The van der Waals surface area contributed by atoms with Crippen LogP contribution in [0.2, 0.25) is 0 Å². The second-order valence-electron chi connectivity index (χ2n) is 10.0. The maximum atomic E-state index is 13.9. The van der Waals surface area contributed by atoms with E-state index < -0.39 is 5.92 Å². The number of aliphatic hydroxyl groups excluding tert-OH is 1. The summed E-state index contributed by atoms with van der Waals surface area (Å²) in [6.45, 7) is 1.97. The number of methoxy groups -OCH3 is 4. The third-order valence-electron chi connectivity index (χ3n) is 7.71. The van der Waals surface area contributed by atoms with Gasteiger partial charge in [0.1, 0.15) is 23.1 Å². The molecule has 8 heteroatoms. The molecule has 0 aromatic heterocycles. The number of benzene rings is 3. The molecule has 1 aliphatic carbocycles. The molecule has 3 aromatic rings. The van der Waals surface area contributed by atoms with Crippen LogP contribution in [0.1, 0.15) is 41.9 Å². The number of anilines is 1. The number of para-hydroxylation sites is 1. The predicted molar refractivity (Wildman–Crippen MR) is 159 cm³/mol. The number of carbonyl (C=O) groups excluding carboxylic acids is 1. The lowest BCUT2D eigenvalue weighted by Gasteiger charge is -2.42. The molecule has 5 rings (SSSR count). The number of allylic oxidation sites excluding steroid dienone is 2. The summed E-state index contributed by atoms with van der Waals surface area (Å²) in [5.41, 5.74) is 4.22. The van der Waals surface area contributed by atoms with E-state index in [4.69, 9.17) is 18.9 Å². The zero-order valence-corrected chi connectivity index (χ0v) is 23.9. The summed E-state index contributed by atoms with van der Waals surface area (Å²) in [6, 6.07) is 18.2. The normalized spacial score (nSPS) is 18.2. The van der Waals surface area contributed by atoms with Gasteiger partial charge in [-0.1, -0.05) is 42.0 Å². The molecule has 0 spiro atoms. The average molecular weight is 555 g/mol. The molecule has 2 aliphatic rings. The molecule has 2 N–H and O–H groups in total. The number of rotatable bonds is 7. The maximum Gasteiger partial charge on any atom is 0.164 e. The van der Waals surface area contributed by atoms with Crippen LogP contribution < -0.4 is 23.8 Å². The maximum absolute atomic E-state index is 13.9. The van der Waals surface area contributed by atoms with Gasteiger partial charge in [0.25, 0.3) is 0 Å². The topological polar surface area (TPSA) is 101 Å². The Labute approximate surface area is 239 Å². The number of nitrogens with zero attached hydrogens (tertiary/aromatic N) is 1. The summed E-state index contributed by atoms with van der Waals surface area (Å²) in [6.07, 6.45) is 1.56. The van der Waals surface area contributed by atoms with Crippen molar-refractivity contribution in [3.63, 3.8) is 0 Å². The SMILES string of the molecule is COc1ccc(OC)c(N2C(=N)/C(=C(/O)c3ccc(C)cc3)C(c3cccc(OC)c3OC)C3=C2CCCC3=O)c1. The van der Waals surface area contributed by atoms with E-state index in [1.807, 2.05) is 43.3 Å². The highest BCUT2D eigenvalue weighted by Gasteiger charge is 2.45. The number of aliphatic hydroxyl groups is 1. The average Bonchev–Trinajstić information content (AvgIpc) is 2.99. The van der Waals surface area contributed by atoms with Crippen molar-refractivity contribution in [2.75, 3.05) is 33.3 Å². The van der Waals surface area contributed by atoms with Crippen LogP contribution in [0.3, 0.4) is 0 Å². The molecule has 8 nitrogen and oxygen atoms in total. The van der Waals surface area contributed by atoms with Crippen molar-refractivity contribution in [2.24, 2.45) is 0 Å². The standard InChI is InChI=1S/C33H34N2O6/c1-19-12-14-20(15-13-19)31(37)30-28(22-8-6-11-27(40-4)32(22)41-5)29-23(9-7-10-25(29)36)35(33(30)34)24-18-21(38-2)16-17-26(24)39-3/h6,8,11-18,28,34,37H,7,9-10H2,1-5H3/b31-30+,34-33?. The van der Waals surface area contributed by atoms with E-state index in [0.29, 0.717) is 70.3 Å². The summed E-state index contributed by atoms with van der Waals surface area (Å²) in [5, 5.41) is 21.6. The number of ketones is 1. The smallest absolute Gasteiger partial charge is 0.164 e. The Hall–Kier alpha value is -4.72. The summed E-state index contributed by atoms with van der Waals surface area (Å²) >= 11 is 0. The number of ether oxygens (including phenoxy) is 4. The molecule has 0 saturated carbocycles. The van der Waals surface area contributed by atoms with E-state index >= 15 is 0 Å². The monoisotopic (exact) mass is 554 g/mol. The Morgan fingerprint density at radius 1 is 0.902 bits per heavy atom. The minimum absolute atomic E-state index is 0.0259. The molecule has 1 heterocycles. The second-order valence-corrected chi connectivity index (χ2v) is 10.0. The van der Waals surface area contributed by atoms with E-state index in [1.54, 1.807) is 57.6 Å². The highest BCUT2D eigenvalue weighted by Crippen LogP contribution is 2.52. The highest BCUT2D eigenvalue weighted by molar-refractivity contribution is 6.20. The van der Waals surface area contributed by atoms with Gasteiger partial charge in [-0.15, -0.1) is 0 Å². The number of carbonyl (C=O) groups is 1. The van der Waals surface area contributed by atoms with Gasteiger partial charge in [0, 0.05) is 40.5 Å². The third kappa shape index (κ3) is 4.79. The van der Waals surface area contributed by atoms with Crippen LogP contribution >= 0.6 is 0 Å². The number of aryl methyl sites for hydroxylation is 1. The first-order valence-electron chi connectivity index (χ1n) is 13.4. The van der Waals surface area contributed by atoms with Gasteiger partial charge in [0.2, 0.25) is 0 Å². The van der Waals surface area contributed by atoms with Gasteiger partial charge in [-0.05, 0) is 38.0 Å². The second kappa shape index (κ2) is 11.4. The summed E-state index contributed by atoms with van der Waals surface area (Å²) < 4.78 is 22.6. The molecule has 0 saturated heterocycles. The number of nitrogens with one attached hydrogen (secondary N) is 1. The molecule has 0 amide bonds. The Balaban J connectivity index is 1.90. The van der Waals surface area contributed by atoms with Crippen LogP contribution in [-0.2, 0) is 4.79 Å². The van der Waals surface area contributed by atoms with Crippen molar-refractivity contribution in [2.45, 2.75) is 32.1 Å². The number of amidine groups is 1. The first-order valence-corrected chi connectivity index (χ1v) is 13.4. The molecule has 1 aliphatic heterocycles. The van der Waals surface area contributed by atoms with Crippen LogP contribution in [0.15, 0.2) is 77.5 Å². The molecule has 3 aromatic carbocycles.